The molecule has 156 valence electrons. The number of aliphatic hydroxyl groups excluding tert-OH is 2. The lowest BCUT2D eigenvalue weighted by atomic mass is 9.92. The number of likely N-dealkylation sites (N-methyl/N-ethyl adjacent to an activating group) is 1. The first-order valence-corrected chi connectivity index (χ1v) is 10.2. The van der Waals surface area contributed by atoms with Gasteiger partial charge in [0.2, 0.25) is 5.91 Å². The van der Waals surface area contributed by atoms with Gasteiger partial charge in [0.1, 0.15) is 0 Å². The Labute approximate surface area is 170 Å². The van der Waals surface area contributed by atoms with E-state index in [1.54, 1.807) is 0 Å². The number of aromatic nitrogens is 2. The zero-order chi connectivity index (χ0) is 20.5. The second-order valence-electron chi connectivity index (χ2n) is 7.88. The Kier molecular flexibility index (Phi) is 5.69. The van der Waals surface area contributed by atoms with Crippen LogP contribution in [0.1, 0.15) is 36.1 Å². The minimum atomic E-state index is -0.487. The van der Waals surface area contributed by atoms with Gasteiger partial charge in [-0.15, -0.1) is 0 Å². The monoisotopic (exact) mass is 399 g/mol. The minimum absolute atomic E-state index is 0.157. The Balaban J connectivity index is 1.62. The number of likely N-dealkylation sites (tertiary alicyclic amines) is 1. The molecule has 4 N–H and O–H groups in total. The number of hydrogen-bond acceptors (Lipinski definition) is 6. The number of rotatable bonds is 6. The van der Waals surface area contributed by atoms with Gasteiger partial charge in [0.05, 0.1) is 30.5 Å². The number of benzene rings is 1. The first-order valence-electron chi connectivity index (χ1n) is 10.2. The summed E-state index contributed by atoms with van der Waals surface area (Å²) in [5.41, 5.74) is 5.47. The van der Waals surface area contributed by atoms with E-state index < -0.39 is 12.1 Å². The smallest absolute Gasteiger partial charge is 0.238 e. The van der Waals surface area contributed by atoms with Crippen molar-refractivity contribution in [3.05, 3.63) is 41.1 Å². The maximum Gasteiger partial charge on any atom is 0.238 e. The normalized spacial score (nSPS) is 22.6. The van der Waals surface area contributed by atoms with Crippen molar-refractivity contribution in [2.75, 3.05) is 20.2 Å². The topological polar surface area (TPSA) is 103 Å². The van der Waals surface area contributed by atoms with Gasteiger partial charge in [0.15, 0.2) is 0 Å². The third-order valence-corrected chi connectivity index (χ3v) is 6.07. The number of nitrogens with one attached hydrogen (secondary N) is 2. The molecule has 0 aliphatic carbocycles. The molecule has 29 heavy (non-hydrogen) atoms. The average molecular weight is 399 g/mol. The lowest BCUT2D eigenvalue weighted by molar-refractivity contribution is -0.126. The van der Waals surface area contributed by atoms with Crippen molar-refractivity contribution in [3.8, 4) is 11.3 Å². The molecule has 0 saturated carbocycles. The SMILES string of the molecule is CCn1nccc1-c1ccc(C(CO)NC(=O)C2CC(O)CN2C)c2c1CNC2. The summed E-state index contributed by atoms with van der Waals surface area (Å²) in [6, 6.07) is 5.23. The van der Waals surface area contributed by atoms with Gasteiger partial charge in [-0.2, -0.15) is 5.10 Å². The average Bonchev–Trinajstić information content (AvgIpc) is 3.44. The highest BCUT2D eigenvalue weighted by molar-refractivity contribution is 5.82. The number of hydrogen-bond donors (Lipinski definition) is 4. The van der Waals surface area contributed by atoms with Crippen LogP contribution in [0.15, 0.2) is 24.4 Å². The summed E-state index contributed by atoms with van der Waals surface area (Å²) in [6.45, 7) is 4.62. The van der Waals surface area contributed by atoms with Crippen molar-refractivity contribution in [2.24, 2.45) is 0 Å². The van der Waals surface area contributed by atoms with Crippen molar-refractivity contribution in [1.29, 1.82) is 0 Å². The van der Waals surface area contributed by atoms with Crippen LogP contribution in [-0.4, -0.2) is 63.1 Å². The van der Waals surface area contributed by atoms with Gasteiger partial charge in [-0.3, -0.25) is 14.4 Å². The Morgan fingerprint density at radius 2 is 2.14 bits per heavy atom. The molecule has 1 amide bonds. The number of aliphatic hydroxyl groups is 2. The highest BCUT2D eigenvalue weighted by Gasteiger charge is 2.35. The largest absolute Gasteiger partial charge is 0.394 e. The molecule has 2 aromatic rings. The summed E-state index contributed by atoms with van der Waals surface area (Å²) < 4.78 is 1.97. The molecule has 3 heterocycles. The fourth-order valence-corrected chi connectivity index (χ4v) is 4.58. The molecule has 1 fully saturated rings. The van der Waals surface area contributed by atoms with E-state index in [1.165, 1.54) is 5.56 Å². The number of amides is 1. The van der Waals surface area contributed by atoms with Gasteiger partial charge < -0.3 is 20.8 Å². The van der Waals surface area contributed by atoms with Crippen molar-refractivity contribution in [2.45, 2.75) is 51.2 Å². The van der Waals surface area contributed by atoms with E-state index in [0.717, 1.165) is 35.5 Å². The summed E-state index contributed by atoms with van der Waals surface area (Å²) in [7, 11) is 1.84. The molecule has 4 rings (SSSR count). The van der Waals surface area contributed by atoms with Gasteiger partial charge in [0, 0.05) is 37.9 Å². The second kappa shape index (κ2) is 8.23. The fraction of sp³-hybridized carbons (Fsp3) is 0.524. The van der Waals surface area contributed by atoms with Crippen LogP contribution in [0.25, 0.3) is 11.3 Å². The van der Waals surface area contributed by atoms with E-state index in [4.69, 9.17) is 0 Å². The first-order chi connectivity index (χ1) is 14.0. The minimum Gasteiger partial charge on any atom is -0.394 e. The van der Waals surface area contributed by atoms with E-state index in [9.17, 15) is 15.0 Å². The van der Waals surface area contributed by atoms with Crippen LogP contribution < -0.4 is 10.6 Å². The van der Waals surface area contributed by atoms with Gasteiger partial charge in [-0.05, 0) is 43.1 Å². The third-order valence-electron chi connectivity index (χ3n) is 6.07. The molecule has 8 heteroatoms. The predicted octanol–water partition coefficient (Wildman–Crippen LogP) is 0.388. The lowest BCUT2D eigenvalue weighted by Gasteiger charge is -2.25. The van der Waals surface area contributed by atoms with Crippen molar-refractivity contribution < 1.29 is 15.0 Å². The molecule has 0 bridgehead atoms. The zero-order valence-electron chi connectivity index (χ0n) is 16.9. The molecule has 0 radical (unpaired) electrons. The number of carbonyl (C=O) groups is 1. The van der Waals surface area contributed by atoms with E-state index in [1.807, 2.05) is 35.0 Å². The maximum absolute atomic E-state index is 12.8. The number of carbonyl (C=O) groups excluding carboxylic acids is 1. The third kappa shape index (κ3) is 3.69. The molecular formula is C21H29N5O3. The number of nitrogens with zero attached hydrogens (tertiary/aromatic N) is 3. The molecule has 1 saturated heterocycles. The summed E-state index contributed by atoms with van der Waals surface area (Å²) in [5.74, 6) is -0.157. The summed E-state index contributed by atoms with van der Waals surface area (Å²) in [4.78, 5) is 14.6. The fourth-order valence-electron chi connectivity index (χ4n) is 4.58. The molecule has 2 aliphatic rings. The molecule has 1 aromatic heterocycles. The lowest BCUT2D eigenvalue weighted by Crippen LogP contribution is -2.43. The van der Waals surface area contributed by atoms with Crippen molar-refractivity contribution in [1.82, 2.24) is 25.3 Å². The second-order valence-corrected chi connectivity index (χ2v) is 7.88. The van der Waals surface area contributed by atoms with E-state index in [0.29, 0.717) is 19.5 Å². The number of β-amino-alcohol motifs (C(OH)–C–C–N with tert-alkyl or cyclic N) is 1. The van der Waals surface area contributed by atoms with Crippen molar-refractivity contribution >= 4 is 5.91 Å². The van der Waals surface area contributed by atoms with Gasteiger partial charge >= 0.3 is 0 Å². The number of fused-ring (bicyclic) bond motifs is 1. The van der Waals surface area contributed by atoms with Crippen LogP contribution in [0.4, 0.5) is 0 Å². The summed E-state index contributed by atoms with van der Waals surface area (Å²) >= 11 is 0. The molecule has 2 aliphatic heterocycles. The first kappa shape index (κ1) is 20.0. The Bertz CT molecular complexity index is 896. The van der Waals surface area contributed by atoms with Crippen LogP contribution in [0.2, 0.25) is 0 Å². The Hall–Kier alpha value is -2.26. The predicted molar refractivity (Wildman–Crippen MR) is 109 cm³/mol. The Morgan fingerprint density at radius 3 is 2.83 bits per heavy atom. The molecule has 0 spiro atoms. The number of aryl methyl sites for hydroxylation is 1. The molecule has 3 atom stereocenters. The highest BCUT2D eigenvalue weighted by Crippen LogP contribution is 2.34. The van der Waals surface area contributed by atoms with Crippen LogP contribution in [0.3, 0.4) is 0 Å². The van der Waals surface area contributed by atoms with Gasteiger partial charge in [-0.1, -0.05) is 12.1 Å². The standard InChI is InChI=1S/C21H29N5O3/c1-3-26-19(6-7-23-26)15-5-4-14(16-9-22-10-17(15)16)18(12-27)24-21(29)20-8-13(28)11-25(20)2/h4-7,13,18,20,22,27-28H,3,8-12H2,1-2H3,(H,24,29). The summed E-state index contributed by atoms with van der Waals surface area (Å²) in [5, 5.41) is 30.7. The zero-order valence-corrected chi connectivity index (χ0v) is 16.9. The quantitative estimate of drug-likeness (QED) is 0.560. The Morgan fingerprint density at radius 1 is 1.34 bits per heavy atom. The van der Waals surface area contributed by atoms with E-state index >= 15 is 0 Å². The van der Waals surface area contributed by atoms with Crippen molar-refractivity contribution in [3.63, 3.8) is 0 Å². The maximum atomic E-state index is 12.8. The van der Waals surface area contributed by atoms with Gasteiger partial charge in [0.25, 0.3) is 0 Å². The van der Waals surface area contributed by atoms with Crippen LogP contribution in [-0.2, 0) is 24.4 Å². The summed E-state index contributed by atoms with van der Waals surface area (Å²) in [6.07, 6.45) is 1.74. The van der Waals surface area contributed by atoms with Crippen LogP contribution >= 0.6 is 0 Å². The van der Waals surface area contributed by atoms with E-state index in [-0.39, 0.29) is 18.6 Å². The highest BCUT2D eigenvalue weighted by atomic mass is 16.3. The van der Waals surface area contributed by atoms with Gasteiger partial charge in [-0.25, -0.2) is 0 Å². The molecular weight excluding hydrogens is 370 g/mol. The van der Waals surface area contributed by atoms with Crippen LogP contribution in [0.5, 0.6) is 0 Å². The molecule has 1 aromatic carbocycles. The molecule has 3 unspecified atom stereocenters. The van der Waals surface area contributed by atoms with E-state index in [2.05, 4.69) is 28.7 Å². The van der Waals surface area contributed by atoms with Crippen LogP contribution in [0, 0.1) is 0 Å². The molecule has 8 nitrogen and oxygen atoms in total.